The molecule has 0 unspecified atom stereocenters. The van der Waals surface area contributed by atoms with E-state index in [0.717, 1.165) is 4.47 Å². The average Bonchev–Trinajstić information content (AvgIpc) is 2.25. The molecule has 0 aliphatic heterocycles. The maximum Gasteiger partial charge on any atom is 0.321 e. The molecule has 3 nitrogen and oxygen atoms in total. The maximum atomic E-state index is 12.8. The Morgan fingerprint density at radius 3 is 2.44 bits per heavy atom. The van der Waals surface area contributed by atoms with Gasteiger partial charge in [0.25, 0.3) is 0 Å². The molecule has 0 N–H and O–H groups in total. The first-order valence-corrected chi connectivity index (χ1v) is 5.84. The monoisotopic (exact) mass is 346 g/mol. The second kappa shape index (κ2) is 4.88. The van der Waals surface area contributed by atoms with E-state index < -0.39 is 0 Å². The first kappa shape index (κ1) is 11.5. The number of ether oxygens (including phenoxy) is 1. The standard InChI is InChI=1S/C10H5Br2FN2O/c11-6-4-14-10(15-5-6)16-9-2-1-7(13)3-8(9)12/h1-5H. The molecule has 0 aliphatic carbocycles. The molecule has 1 aromatic heterocycles. The van der Waals surface area contributed by atoms with Crippen molar-refractivity contribution in [2.45, 2.75) is 0 Å². The minimum absolute atomic E-state index is 0.204. The second-order valence-electron chi connectivity index (χ2n) is 2.86. The smallest absolute Gasteiger partial charge is 0.321 e. The lowest BCUT2D eigenvalue weighted by Gasteiger charge is -2.05. The van der Waals surface area contributed by atoms with E-state index in [-0.39, 0.29) is 11.8 Å². The van der Waals surface area contributed by atoms with Crippen LogP contribution in [-0.4, -0.2) is 9.97 Å². The number of nitrogens with zero attached hydrogens (tertiary/aromatic N) is 2. The van der Waals surface area contributed by atoms with Crippen LogP contribution in [0.15, 0.2) is 39.5 Å². The average molecular weight is 348 g/mol. The minimum atomic E-state index is -0.337. The van der Waals surface area contributed by atoms with Crippen LogP contribution >= 0.6 is 31.9 Å². The van der Waals surface area contributed by atoms with Crippen LogP contribution in [0.1, 0.15) is 0 Å². The first-order chi connectivity index (χ1) is 7.65. The van der Waals surface area contributed by atoms with Gasteiger partial charge < -0.3 is 4.74 Å². The molecule has 1 aromatic carbocycles. The van der Waals surface area contributed by atoms with Gasteiger partial charge in [-0.3, -0.25) is 0 Å². The lowest BCUT2D eigenvalue weighted by atomic mass is 10.3. The van der Waals surface area contributed by atoms with Crippen LogP contribution in [0.3, 0.4) is 0 Å². The molecule has 1 heterocycles. The van der Waals surface area contributed by atoms with Crippen LogP contribution in [0.25, 0.3) is 0 Å². The van der Waals surface area contributed by atoms with E-state index in [4.69, 9.17) is 4.74 Å². The fourth-order valence-electron chi connectivity index (χ4n) is 1.01. The van der Waals surface area contributed by atoms with Gasteiger partial charge in [-0.05, 0) is 50.1 Å². The molecule has 0 saturated heterocycles. The number of rotatable bonds is 2. The van der Waals surface area contributed by atoms with E-state index in [9.17, 15) is 4.39 Å². The molecule has 2 aromatic rings. The van der Waals surface area contributed by atoms with Crippen molar-refractivity contribution in [2.24, 2.45) is 0 Å². The summed E-state index contributed by atoms with van der Waals surface area (Å²) >= 11 is 6.40. The molecule has 0 aliphatic rings. The van der Waals surface area contributed by atoms with Crippen molar-refractivity contribution in [1.29, 1.82) is 0 Å². The zero-order valence-electron chi connectivity index (χ0n) is 7.82. The van der Waals surface area contributed by atoms with E-state index in [1.54, 1.807) is 12.4 Å². The van der Waals surface area contributed by atoms with E-state index in [0.29, 0.717) is 10.2 Å². The summed E-state index contributed by atoms with van der Waals surface area (Å²) in [4.78, 5) is 7.88. The van der Waals surface area contributed by atoms with Crippen molar-refractivity contribution < 1.29 is 9.13 Å². The van der Waals surface area contributed by atoms with Crippen LogP contribution in [0.5, 0.6) is 11.8 Å². The van der Waals surface area contributed by atoms with E-state index >= 15 is 0 Å². The molecule has 0 saturated carbocycles. The van der Waals surface area contributed by atoms with Crippen LogP contribution in [0, 0.1) is 5.82 Å². The maximum absolute atomic E-state index is 12.8. The fraction of sp³-hybridized carbons (Fsp3) is 0. The van der Waals surface area contributed by atoms with Crippen molar-refractivity contribution >= 4 is 31.9 Å². The van der Waals surface area contributed by atoms with Crippen LogP contribution in [0.2, 0.25) is 0 Å². The van der Waals surface area contributed by atoms with Gasteiger partial charge in [0.2, 0.25) is 0 Å². The molecular formula is C10H5Br2FN2O. The van der Waals surface area contributed by atoms with Crippen LogP contribution in [0.4, 0.5) is 4.39 Å². The number of benzene rings is 1. The summed E-state index contributed by atoms with van der Waals surface area (Å²) in [5, 5.41) is 0. The molecule has 0 spiro atoms. The molecule has 82 valence electrons. The normalized spacial score (nSPS) is 10.2. The summed E-state index contributed by atoms with van der Waals surface area (Å²) in [5.74, 6) is 0.125. The molecule has 0 fully saturated rings. The summed E-state index contributed by atoms with van der Waals surface area (Å²) in [6.45, 7) is 0. The molecule has 16 heavy (non-hydrogen) atoms. The van der Waals surface area contributed by atoms with Gasteiger partial charge >= 0.3 is 6.01 Å². The summed E-state index contributed by atoms with van der Waals surface area (Å²) in [6, 6.07) is 4.33. The summed E-state index contributed by atoms with van der Waals surface area (Å²) in [6.07, 6.45) is 3.14. The zero-order valence-corrected chi connectivity index (χ0v) is 11.0. The Morgan fingerprint density at radius 1 is 1.12 bits per heavy atom. The van der Waals surface area contributed by atoms with Gasteiger partial charge in [-0.15, -0.1) is 0 Å². The molecule has 0 radical (unpaired) electrons. The third-order valence-corrected chi connectivity index (χ3v) is 2.72. The summed E-state index contributed by atoms with van der Waals surface area (Å²) < 4.78 is 19.5. The summed E-state index contributed by atoms with van der Waals surface area (Å²) in [7, 11) is 0. The molecule has 0 amide bonds. The van der Waals surface area contributed by atoms with Gasteiger partial charge in [0.15, 0.2) is 0 Å². The number of hydrogen-bond acceptors (Lipinski definition) is 3. The molecule has 2 rings (SSSR count). The van der Waals surface area contributed by atoms with Gasteiger partial charge in [-0.1, -0.05) is 0 Å². The number of hydrogen-bond donors (Lipinski definition) is 0. The zero-order chi connectivity index (χ0) is 11.5. The third-order valence-electron chi connectivity index (χ3n) is 1.69. The second-order valence-corrected chi connectivity index (χ2v) is 4.63. The number of aromatic nitrogens is 2. The Labute approximate surface area is 108 Å². The van der Waals surface area contributed by atoms with E-state index in [1.165, 1.54) is 18.2 Å². The Hall–Kier alpha value is -1.01. The Bertz CT molecular complexity index is 505. The van der Waals surface area contributed by atoms with Crippen molar-refractivity contribution in [2.75, 3.05) is 0 Å². The van der Waals surface area contributed by atoms with Crippen LogP contribution in [-0.2, 0) is 0 Å². The van der Waals surface area contributed by atoms with Gasteiger partial charge in [-0.2, -0.15) is 0 Å². The molecule has 6 heteroatoms. The van der Waals surface area contributed by atoms with Gasteiger partial charge in [0.05, 0.1) is 8.95 Å². The molecule has 0 bridgehead atoms. The first-order valence-electron chi connectivity index (χ1n) is 4.25. The van der Waals surface area contributed by atoms with Gasteiger partial charge in [0, 0.05) is 12.4 Å². The van der Waals surface area contributed by atoms with Crippen molar-refractivity contribution in [1.82, 2.24) is 9.97 Å². The molecule has 0 atom stereocenters. The highest BCUT2D eigenvalue weighted by Crippen LogP contribution is 2.28. The van der Waals surface area contributed by atoms with Gasteiger partial charge in [-0.25, -0.2) is 14.4 Å². The Kier molecular flexibility index (Phi) is 3.50. The topological polar surface area (TPSA) is 35.0 Å². The van der Waals surface area contributed by atoms with Crippen molar-refractivity contribution in [3.05, 3.63) is 45.4 Å². The highest BCUT2D eigenvalue weighted by atomic mass is 79.9. The number of halogens is 3. The Balaban J connectivity index is 2.23. The predicted molar refractivity (Wildman–Crippen MR) is 63.9 cm³/mol. The van der Waals surface area contributed by atoms with E-state index in [2.05, 4.69) is 41.8 Å². The Morgan fingerprint density at radius 2 is 1.81 bits per heavy atom. The van der Waals surface area contributed by atoms with Gasteiger partial charge in [0.1, 0.15) is 11.6 Å². The van der Waals surface area contributed by atoms with Crippen molar-refractivity contribution in [3.63, 3.8) is 0 Å². The highest BCUT2D eigenvalue weighted by molar-refractivity contribution is 9.10. The summed E-state index contributed by atoms with van der Waals surface area (Å²) in [5.41, 5.74) is 0. The van der Waals surface area contributed by atoms with E-state index in [1.807, 2.05) is 0 Å². The SMILES string of the molecule is Fc1ccc(Oc2ncc(Br)cn2)c(Br)c1. The quantitative estimate of drug-likeness (QED) is 0.825. The largest absolute Gasteiger partial charge is 0.423 e. The lowest BCUT2D eigenvalue weighted by Crippen LogP contribution is -1.92. The fourth-order valence-corrected chi connectivity index (χ4v) is 1.65. The van der Waals surface area contributed by atoms with Crippen LogP contribution < -0.4 is 4.74 Å². The predicted octanol–water partition coefficient (Wildman–Crippen LogP) is 3.93. The minimum Gasteiger partial charge on any atom is -0.423 e. The highest BCUT2D eigenvalue weighted by Gasteiger charge is 2.05. The lowest BCUT2D eigenvalue weighted by molar-refractivity contribution is 0.437. The molecular weight excluding hydrogens is 343 g/mol. The third kappa shape index (κ3) is 2.76. The van der Waals surface area contributed by atoms with Crippen molar-refractivity contribution in [3.8, 4) is 11.8 Å².